The molecule has 0 aromatic carbocycles. The van der Waals surface area contributed by atoms with Gasteiger partial charge in [-0.15, -0.1) is 0 Å². The minimum Gasteiger partial charge on any atom is -0.171 e. The van der Waals surface area contributed by atoms with E-state index in [1.807, 2.05) is 0 Å². The molecule has 0 nitrogen and oxygen atoms in total. The third-order valence-electron chi connectivity index (χ3n) is 2.92. The van der Waals surface area contributed by atoms with Crippen molar-refractivity contribution in [3.8, 4) is 0 Å². The number of rotatable bonds is 12. The van der Waals surface area contributed by atoms with Crippen LogP contribution >= 0.6 is 11.8 Å². The standard InChI is InChI=1S/C14H27F3S/c1-2-3-4-5-6-7-8-9-10-12-18-13-11-14(15,16)17/h2-13H2,1H3. The van der Waals surface area contributed by atoms with E-state index in [1.165, 1.54) is 63.1 Å². The van der Waals surface area contributed by atoms with Gasteiger partial charge in [-0.05, 0) is 12.2 Å². The lowest BCUT2D eigenvalue weighted by molar-refractivity contribution is -0.129. The van der Waals surface area contributed by atoms with E-state index < -0.39 is 12.6 Å². The van der Waals surface area contributed by atoms with Gasteiger partial charge in [-0.3, -0.25) is 0 Å². The minimum atomic E-state index is -3.98. The number of alkyl halides is 3. The Morgan fingerprint density at radius 1 is 0.722 bits per heavy atom. The van der Waals surface area contributed by atoms with Crippen molar-refractivity contribution >= 4 is 11.8 Å². The second kappa shape index (κ2) is 12.2. The maximum absolute atomic E-state index is 11.8. The van der Waals surface area contributed by atoms with Crippen LogP contribution in [0.25, 0.3) is 0 Å². The first-order chi connectivity index (χ1) is 8.56. The van der Waals surface area contributed by atoms with Crippen molar-refractivity contribution in [3.05, 3.63) is 0 Å². The minimum absolute atomic E-state index is 0.223. The normalized spacial score (nSPS) is 12.0. The summed E-state index contributed by atoms with van der Waals surface area (Å²) >= 11 is 1.44. The molecular weight excluding hydrogens is 257 g/mol. The lowest BCUT2D eigenvalue weighted by Crippen LogP contribution is -2.08. The molecule has 0 aromatic heterocycles. The first-order valence-corrected chi connectivity index (χ1v) is 8.36. The summed E-state index contributed by atoms with van der Waals surface area (Å²) < 4.78 is 35.5. The third-order valence-corrected chi connectivity index (χ3v) is 3.99. The van der Waals surface area contributed by atoms with Crippen LogP contribution in [0.15, 0.2) is 0 Å². The Bertz CT molecular complexity index is 169. The van der Waals surface area contributed by atoms with Crippen LogP contribution in [0, 0.1) is 0 Å². The topological polar surface area (TPSA) is 0 Å². The maximum atomic E-state index is 11.8. The Balaban J connectivity index is 2.99. The van der Waals surface area contributed by atoms with Crippen molar-refractivity contribution in [2.45, 2.75) is 77.3 Å². The molecule has 0 amide bonds. The summed E-state index contributed by atoms with van der Waals surface area (Å²) in [5, 5.41) is 0. The fraction of sp³-hybridized carbons (Fsp3) is 1.00. The molecule has 0 saturated carbocycles. The summed E-state index contributed by atoms with van der Waals surface area (Å²) in [7, 11) is 0. The van der Waals surface area contributed by atoms with E-state index in [-0.39, 0.29) is 5.75 Å². The quantitative estimate of drug-likeness (QED) is 0.384. The van der Waals surface area contributed by atoms with E-state index in [4.69, 9.17) is 0 Å². The van der Waals surface area contributed by atoms with Crippen molar-refractivity contribution in [2.24, 2.45) is 0 Å². The highest BCUT2D eigenvalue weighted by atomic mass is 32.2. The molecule has 0 radical (unpaired) electrons. The summed E-state index contributed by atoms with van der Waals surface area (Å²) in [5.74, 6) is 1.10. The van der Waals surface area contributed by atoms with E-state index in [2.05, 4.69) is 6.92 Å². The van der Waals surface area contributed by atoms with Crippen molar-refractivity contribution in [3.63, 3.8) is 0 Å². The van der Waals surface area contributed by atoms with Crippen LogP contribution in [-0.2, 0) is 0 Å². The van der Waals surface area contributed by atoms with Crippen molar-refractivity contribution < 1.29 is 13.2 Å². The van der Waals surface area contributed by atoms with Gasteiger partial charge in [0.1, 0.15) is 0 Å². The van der Waals surface area contributed by atoms with E-state index in [0.29, 0.717) is 0 Å². The molecule has 0 bridgehead atoms. The highest BCUT2D eigenvalue weighted by Crippen LogP contribution is 2.22. The molecule has 0 heterocycles. The van der Waals surface area contributed by atoms with Gasteiger partial charge < -0.3 is 0 Å². The molecule has 0 saturated heterocycles. The molecule has 0 aliphatic heterocycles. The Morgan fingerprint density at radius 3 is 1.72 bits per heavy atom. The lowest BCUT2D eigenvalue weighted by Gasteiger charge is -2.05. The van der Waals surface area contributed by atoms with E-state index in [0.717, 1.165) is 12.2 Å². The predicted octanol–water partition coefficient (Wildman–Crippen LogP) is 6.20. The van der Waals surface area contributed by atoms with Crippen LogP contribution < -0.4 is 0 Å². The van der Waals surface area contributed by atoms with Crippen molar-refractivity contribution in [1.29, 1.82) is 0 Å². The Morgan fingerprint density at radius 2 is 1.22 bits per heavy atom. The van der Waals surface area contributed by atoms with Crippen LogP contribution in [-0.4, -0.2) is 17.7 Å². The van der Waals surface area contributed by atoms with Crippen molar-refractivity contribution in [1.82, 2.24) is 0 Å². The maximum Gasteiger partial charge on any atom is 0.389 e. The zero-order valence-corrected chi connectivity index (χ0v) is 12.3. The average Bonchev–Trinajstić information content (AvgIpc) is 2.29. The second-order valence-corrected chi connectivity index (χ2v) is 6.03. The zero-order chi connectivity index (χ0) is 13.7. The van der Waals surface area contributed by atoms with Gasteiger partial charge in [0.25, 0.3) is 0 Å². The first kappa shape index (κ1) is 18.1. The zero-order valence-electron chi connectivity index (χ0n) is 11.5. The van der Waals surface area contributed by atoms with Gasteiger partial charge >= 0.3 is 6.18 Å². The Labute approximate surface area is 114 Å². The number of halogens is 3. The van der Waals surface area contributed by atoms with Gasteiger partial charge in [-0.25, -0.2) is 0 Å². The van der Waals surface area contributed by atoms with E-state index in [9.17, 15) is 13.2 Å². The van der Waals surface area contributed by atoms with E-state index in [1.54, 1.807) is 0 Å². The SMILES string of the molecule is CCCCCCCCCCCSCCC(F)(F)F. The number of hydrogen-bond donors (Lipinski definition) is 0. The second-order valence-electron chi connectivity index (χ2n) is 4.81. The largest absolute Gasteiger partial charge is 0.389 e. The Hall–Kier alpha value is 0.140. The smallest absolute Gasteiger partial charge is 0.171 e. The van der Waals surface area contributed by atoms with Gasteiger partial charge in [-0.1, -0.05) is 58.3 Å². The van der Waals surface area contributed by atoms with Gasteiger partial charge in [0, 0.05) is 5.75 Å². The summed E-state index contributed by atoms with van der Waals surface area (Å²) in [4.78, 5) is 0. The van der Waals surface area contributed by atoms with Gasteiger partial charge in [0.2, 0.25) is 0 Å². The highest BCUT2D eigenvalue weighted by molar-refractivity contribution is 7.99. The molecule has 0 spiro atoms. The molecule has 0 aromatic rings. The monoisotopic (exact) mass is 284 g/mol. The fourth-order valence-corrected chi connectivity index (χ4v) is 2.79. The van der Waals surface area contributed by atoms with Crippen LogP contribution in [0.2, 0.25) is 0 Å². The third kappa shape index (κ3) is 16.1. The van der Waals surface area contributed by atoms with E-state index >= 15 is 0 Å². The van der Waals surface area contributed by atoms with Gasteiger partial charge in [0.05, 0.1) is 6.42 Å². The molecule has 0 rings (SSSR count). The molecule has 0 unspecified atom stereocenters. The van der Waals surface area contributed by atoms with Gasteiger partial charge in [0.15, 0.2) is 0 Å². The van der Waals surface area contributed by atoms with Gasteiger partial charge in [-0.2, -0.15) is 24.9 Å². The Kier molecular flexibility index (Phi) is 12.3. The first-order valence-electron chi connectivity index (χ1n) is 7.20. The molecule has 0 N–H and O–H groups in total. The molecule has 4 heteroatoms. The summed E-state index contributed by atoms with van der Waals surface area (Å²) in [6.45, 7) is 2.22. The molecule has 110 valence electrons. The predicted molar refractivity (Wildman–Crippen MR) is 75.2 cm³/mol. The molecule has 0 fully saturated rings. The lowest BCUT2D eigenvalue weighted by atomic mass is 10.1. The van der Waals surface area contributed by atoms with Crippen LogP contribution in [0.5, 0.6) is 0 Å². The molecular formula is C14H27F3S. The molecule has 0 aliphatic carbocycles. The number of unbranched alkanes of at least 4 members (excludes halogenated alkanes) is 8. The van der Waals surface area contributed by atoms with Crippen LogP contribution in [0.4, 0.5) is 13.2 Å². The number of thioether (sulfide) groups is 1. The fourth-order valence-electron chi connectivity index (χ4n) is 1.80. The average molecular weight is 284 g/mol. The summed E-state index contributed by atoms with van der Waals surface area (Å²) in [5.41, 5.74) is 0. The highest BCUT2D eigenvalue weighted by Gasteiger charge is 2.25. The molecule has 18 heavy (non-hydrogen) atoms. The molecule has 0 aliphatic rings. The van der Waals surface area contributed by atoms with Crippen LogP contribution in [0.1, 0.15) is 71.1 Å². The van der Waals surface area contributed by atoms with Crippen LogP contribution in [0.3, 0.4) is 0 Å². The summed E-state index contributed by atoms with van der Waals surface area (Å²) in [6, 6.07) is 0. The molecule has 0 atom stereocenters. The number of hydrogen-bond acceptors (Lipinski definition) is 1. The summed E-state index contributed by atoms with van der Waals surface area (Å²) in [6.07, 6.45) is 6.79. The van der Waals surface area contributed by atoms with Crippen molar-refractivity contribution in [2.75, 3.05) is 11.5 Å².